The number of isocyanates is 2. The van der Waals surface area contributed by atoms with Crippen molar-refractivity contribution in [1.29, 1.82) is 0 Å². The van der Waals surface area contributed by atoms with E-state index in [1.54, 1.807) is 12.2 Å². The van der Waals surface area contributed by atoms with Crippen LogP contribution in [0, 0.1) is 11.8 Å². The Bertz CT molecular complexity index is 273. The second-order valence-corrected chi connectivity index (χ2v) is 3.76. The molecule has 2 aliphatic carbocycles. The minimum absolute atomic E-state index is 0.0994. The van der Waals surface area contributed by atoms with E-state index in [-0.39, 0.29) is 12.1 Å². The van der Waals surface area contributed by atoms with Gasteiger partial charge in [0.05, 0.1) is 12.1 Å². The second kappa shape index (κ2) is 3.25. The number of rotatable bonds is 2. The van der Waals surface area contributed by atoms with Gasteiger partial charge in [-0.2, -0.15) is 9.98 Å². The molecule has 2 fully saturated rings. The van der Waals surface area contributed by atoms with Crippen LogP contribution >= 0.6 is 0 Å². The highest BCUT2D eigenvalue weighted by Gasteiger charge is 2.48. The lowest BCUT2D eigenvalue weighted by Gasteiger charge is -2.21. The molecule has 0 N–H and O–H groups in total. The van der Waals surface area contributed by atoms with E-state index in [0.717, 1.165) is 19.3 Å². The lowest BCUT2D eigenvalue weighted by molar-refractivity contribution is 0.366. The van der Waals surface area contributed by atoms with Gasteiger partial charge >= 0.3 is 0 Å². The van der Waals surface area contributed by atoms with Crippen LogP contribution in [0.15, 0.2) is 9.98 Å². The molecule has 2 rings (SSSR count). The van der Waals surface area contributed by atoms with Gasteiger partial charge in [0.25, 0.3) is 0 Å². The summed E-state index contributed by atoms with van der Waals surface area (Å²) in [5, 5.41) is 0. The van der Waals surface area contributed by atoms with Crippen molar-refractivity contribution >= 4 is 12.2 Å². The van der Waals surface area contributed by atoms with Crippen molar-refractivity contribution in [2.24, 2.45) is 21.8 Å². The van der Waals surface area contributed by atoms with Gasteiger partial charge in [0.15, 0.2) is 0 Å². The summed E-state index contributed by atoms with van der Waals surface area (Å²) in [6.45, 7) is 0. The fourth-order valence-electron chi connectivity index (χ4n) is 2.72. The van der Waals surface area contributed by atoms with Crippen molar-refractivity contribution in [1.82, 2.24) is 0 Å². The minimum atomic E-state index is -0.0994. The van der Waals surface area contributed by atoms with Crippen LogP contribution in [-0.2, 0) is 9.59 Å². The molecule has 0 saturated heterocycles. The van der Waals surface area contributed by atoms with E-state index < -0.39 is 0 Å². The van der Waals surface area contributed by atoms with Gasteiger partial charge in [0.1, 0.15) is 0 Å². The lowest BCUT2D eigenvalue weighted by Crippen LogP contribution is -2.29. The number of nitrogens with zero attached hydrogens (tertiary/aromatic N) is 2. The molecule has 0 aromatic heterocycles. The van der Waals surface area contributed by atoms with Gasteiger partial charge < -0.3 is 0 Å². The molecule has 0 heterocycles. The highest BCUT2D eigenvalue weighted by atomic mass is 16.1. The van der Waals surface area contributed by atoms with Crippen LogP contribution in [-0.4, -0.2) is 24.2 Å². The van der Waals surface area contributed by atoms with E-state index in [4.69, 9.17) is 0 Å². The second-order valence-electron chi connectivity index (χ2n) is 3.76. The maximum absolute atomic E-state index is 10.2. The Morgan fingerprint density at radius 1 is 0.923 bits per heavy atom. The van der Waals surface area contributed by atoms with Gasteiger partial charge in [0, 0.05) is 0 Å². The zero-order valence-electron chi connectivity index (χ0n) is 7.14. The van der Waals surface area contributed by atoms with Gasteiger partial charge in [-0.1, -0.05) is 0 Å². The normalized spacial score (nSPS) is 40.9. The summed E-state index contributed by atoms with van der Waals surface area (Å²) in [5.74, 6) is 0.877. The first-order valence-corrected chi connectivity index (χ1v) is 4.50. The molecule has 2 saturated carbocycles. The zero-order chi connectivity index (χ0) is 9.26. The summed E-state index contributed by atoms with van der Waals surface area (Å²) in [4.78, 5) is 27.8. The first-order chi connectivity index (χ1) is 6.36. The maximum atomic E-state index is 10.2. The Labute approximate surface area is 75.8 Å². The molecule has 0 unspecified atom stereocenters. The van der Waals surface area contributed by atoms with Crippen molar-refractivity contribution in [3.05, 3.63) is 0 Å². The lowest BCUT2D eigenvalue weighted by atomic mass is 9.91. The molecule has 4 atom stereocenters. The van der Waals surface area contributed by atoms with Crippen LogP contribution in [0.5, 0.6) is 0 Å². The van der Waals surface area contributed by atoms with Gasteiger partial charge in [0.2, 0.25) is 12.2 Å². The maximum Gasteiger partial charge on any atom is 0.235 e. The predicted octanol–water partition coefficient (Wildman–Crippen LogP) is 0.825. The van der Waals surface area contributed by atoms with Crippen LogP contribution < -0.4 is 0 Å². The van der Waals surface area contributed by atoms with Crippen molar-refractivity contribution in [2.75, 3.05) is 0 Å². The fraction of sp³-hybridized carbons (Fsp3) is 0.778. The van der Waals surface area contributed by atoms with E-state index in [9.17, 15) is 9.59 Å². The van der Waals surface area contributed by atoms with Crippen LogP contribution in [0.2, 0.25) is 0 Å². The van der Waals surface area contributed by atoms with Crippen molar-refractivity contribution in [2.45, 2.75) is 31.3 Å². The monoisotopic (exact) mass is 178 g/mol. The average Bonchev–Trinajstić information content (AvgIpc) is 2.69. The Morgan fingerprint density at radius 3 is 1.77 bits per heavy atom. The highest BCUT2D eigenvalue weighted by molar-refractivity contribution is 5.37. The van der Waals surface area contributed by atoms with Gasteiger partial charge in [-0.25, -0.2) is 9.59 Å². The molecule has 0 aromatic rings. The SMILES string of the molecule is O=C=N[C@@H]1[C@@H]2CC[C@@H](C2)[C@H]1N=C=O. The molecular formula is C9H10N2O2. The molecule has 2 aliphatic rings. The third-order valence-corrected chi connectivity index (χ3v) is 3.23. The average molecular weight is 178 g/mol. The number of hydrogen-bond acceptors (Lipinski definition) is 4. The van der Waals surface area contributed by atoms with Crippen molar-refractivity contribution in [3.8, 4) is 0 Å². The van der Waals surface area contributed by atoms with Gasteiger partial charge in [-0.3, -0.25) is 0 Å². The largest absolute Gasteiger partial charge is 0.235 e. The summed E-state index contributed by atoms with van der Waals surface area (Å²) < 4.78 is 0. The predicted molar refractivity (Wildman–Crippen MR) is 44.7 cm³/mol. The minimum Gasteiger partial charge on any atom is -0.211 e. The third-order valence-electron chi connectivity index (χ3n) is 3.23. The zero-order valence-corrected chi connectivity index (χ0v) is 7.14. The number of aliphatic imine (C=N–C) groups is 2. The molecule has 0 amide bonds. The van der Waals surface area contributed by atoms with E-state index in [1.165, 1.54) is 0 Å². The molecule has 0 radical (unpaired) electrons. The number of carbonyl (C=O) groups excluding carboxylic acids is 2. The van der Waals surface area contributed by atoms with Crippen LogP contribution in [0.3, 0.4) is 0 Å². The standard InChI is InChI=1S/C9H10N2O2/c12-4-10-8-6-1-2-7(3-6)9(8)11-5-13/h6-9H,1-3H2/t6-,7+,8-,9-/m1/s1. The first kappa shape index (κ1) is 8.36. The smallest absolute Gasteiger partial charge is 0.211 e. The van der Waals surface area contributed by atoms with E-state index >= 15 is 0 Å². The molecule has 0 spiro atoms. The summed E-state index contributed by atoms with van der Waals surface area (Å²) in [5.41, 5.74) is 0. The van der Waals surface area contributed by atoms with Gasteiger partial charge in [-0.05, 0) is 31.1 Å². The Morgan fingerprint density at radius 2 is 1.38 bits per heavy atom. The third kappa shape index (κ3) is 1.24. The quantitative estimate of drug-likeness (QED) is 0.464. The van der Waals surface area contributed by atoms with E-state index in [1.807, 2.05) is 0 Å². The van der Waals surface area contributed by atoms with Crippen molar-refractivity contribution < 1.29 is 9.59 Å². The molecule has 4 heteroatoms. The summed E-state index contributed by atoms with van der Waals surface area (Å²) in [6, 6.07) is -0.199. The molecule has 0 aromatic carbocycles. The molecular weight excluding hydrogens is 168 g/mol. The van der Waals surface area contributed by atoms with Gasteiger partial charge in [-0.15, -0.1) is 0 Å². The first-order valence-electron chi connectivity index (χ1n) is 4.50. The summed E-state index contributed by atoms with van der Waals surface area (Å²) in [7, 11) is 0. The van der Waals surface area contributed by atoms with Crippen LogP contribution in [0.4, 0.5) is 0 Å². The number of hydrogen-bond donors (Lipinski definition) is 0. The topological polar surface area (TPSA) is 58.9 Å². The Hall–Kier alpha value is -1.24. The molecule has 4 nitrogen and oxygen atoms in total. The Kier molecular flexibility index (Phi) is 2.09. The van der Waals surface area contributed by atoms with Crippen LogP contribution in [0.25, 0.3) is 0 Å². The number of fused-ring (bicyclic) bond motifs is 2. The van der Waals surface area contributed by atoms with Crippen molar-refractivity contribution in [3.63, 3.8) is 0 Å². The molecule has 13 heavy (non-hydrogen) atoms. The fourth-order valence-corrected chi connectivity index (χ4v) is 2.72. The Balaban J connectivity index is 2.23. The highest BCUT2D eigenvalue weighted by Crippen LogP contribution is 2.47. The molecule has 2 bridgehead atoms. The van der Waals surface area contributed by atoms with E-state index in [2.05, 4.69) is 9.98 Å². The molecule has 0 aliphatic heterocycles. The molecule has 68 valence electrons. The van der Waals surface area contributed by atoms with Crippen LogP contribution in [0.1, 0.15) is 19.3 Å². The summed E-state index contributed by atoms with van der Waals surface area (Å²) in [6.07, 6.45) is 6.39. The summed E-state index contributed by atoms with van der Waals surface area (Å²) >= 11 is 0. The van der Waals surface area contributed by atoms with E-state index in [0.29, 0.717) is 11.8 Å².